The summed E-state index contributed by atoms with van der Waals surface area (Å²) in [5, 5.41) is 3.24. The quantitative estimate of drug-likeness (QED) is 0.888. The summed E-state index contributed by atoms with van der Waals surface area (Å²) in [5.41, 5.74) is 6.16. The van der Waals surface area contributed by atoms with Gasteiger partial charge < -0.3 is 11.1 Å². The van der Waals surface area contributed by atoms with Gasteiger partial charge in [0.05, 0.1) is 16.3 Å². The second-order valence-corrected chi connectivity index (χ2v) is 4.91. The van der Waals surface area contributed by atoms with E-state index in [-0.39, 0.29) is 11.4 Å². The van der Waals surface area contributed by atoms with Crippen molar-refractivity contribution >= 4 is 40.6 Å². The van der Waals surface area contributed by atoms with Crippen molar-refractivity contribution in [2.45, 2.75) is 6.92 Å². The van der Waals surface area contributed by atoms with Gasteiger partial charge >= 0.3 is 0 Å². The number of carbonyl (C=O) groups is 1. The topological polar surface area (TPSA) is 68.0 Å². The maximum Gasteiger partial charge on any atom is 0.258 e. The zero-order valence-corrected chi connectivity index (χ0v) is 11.9. The van der Waals surface area contributed by atoms with E-state index >= 15 is 0 Å². The Labute approximate surface area is 124 Å². The summed E-state index contributed by atoms with van der Waals surface area (Å²) in [7, 11) is 0. The molecule has 0 bridgehead atoms. The van der Waals surface area contributed by atoms with Gasteiger partial charge in [-0.3, -0.25) is 4.79 Å². The van der Waals surface area contributed by atoms with Crippen LogP contribution in [0.1, 0.15) is 15.9 Å². The first-order valence-corrected chi connectivity index (χ1v) is 6.32. The molecule has 2 rings (SSSR count). The van der Waals surface area contributed by atoms with Gasteiger partial charge in [-0.05, 0) is 30.7 Å². The smallest absolute Gasteiger partial charge is 0.258 e. The molecule has 0 saturated heterocycles. The minimum absolute atomic E-state index is 0.217. The maximum atomic E-state index is 13.7. The normalized spacial score (nSPS) is 10.4. The lowest BCUT2D eigenvalue weighted by Crippen LogP contribution is -2.15. The number of aryl methyl sites for hydroxylation is 1. The third-order valence-corrected chi connectivity index (χ3v) is 3.38. The summed E-state index contributed by atoms with van der Waals surface area (Å²) in [6.45, 7) is 1.78. The number of carbonyl (C=O) groups excluding carboxylic acids is 1. The maximum absolute atomic E-state index is 13.7. The van der Waals surface area contributed by atoms with Crippen LogP contribution in [0.5, 0.6) is 0 Å². The Morgan fingerprint density at radius 1 is 1.35 bits per heavy atom. The number of amides is 1. The van der Waals surface area contributed by atoms with Gasteiger partial charge in [-0.1, -0.05) is 23.2 Å². The van der Waals surface area contributed by atoms with Crippen LogP contribution in [0.2, 0.25) is 10.0 Å². The van der Waals surface area contributed by atoms with Crippen molar-refractivity contribution < 1.29 is 9.18 Å². The van der Waals surface area contributed by atoms with E-state index in [1.807, 2.05) is 0 Å². The molecule has 0 aliphatic heterocycles. The minimum Gasteiger partial charge on any atom is -0.381 e. The van der Waals surface area contributed by atoms with Crippen molar-refractivity contribution in [3.8, 4) is 0 Å². The molecule has 7 heteroatoms. The number of hydrogen-bond donors (Lipinski definition) is 2. The molecule has 0 unspecified atom stereocenters. The number of nitrogens with two attached hydrogens (primary N) is 1. The van der Waals surface area contributed by atoms with Crippen LogP contribution >= 0.6 is 23.2 Å². The molecule has 0 radical (unpaired) electrons. The Hall–Kier alpha value is -1.85. The van der Waals surface area contributed by atoms with Gasteiger partial charge in [0.2, 0.25) is 0 Å². The number of nitrogens with one attached hydrogen (secondary N) is 1. The van der Waals surface area contributed by atoms with Crippen molar-refractivity contribution in [1.82, 2.24) is 4.98 Å². The molecule has 0 spiro atoms. The zero-order chi connectivity index (χ0) is 14.9. The molecule has 2 aromatic rings. The summed E-state index contributed by atoms with van der Waals surface area (Å²) >= 11 is 12.0. The fraction of sp³-hybridized carbons (Fsp3) is 0.0769. The van der Waals surface area contributed by atoms with Crippen molar-refractivity contribution in [2.75, 3.05) is 11.1 Å². The molecule has 1 aromatic heterocycles. The highest BCUT2D eigenvalue weighted by molar-refractivity contribution is 6.36. The number of pyridine rings is 1. The van der Waals surface area contributed by atoms with Crippen LogP contribution in [-0.2, 0) is 0 Å². The second kappa shape index (κ2) is 5.64. The first-order chi connectivity index (χ1) is 9.40. The van der Waals surface area contributed by atoms with Gasteiger partial charge in [-0.15, -0.1) is 0 Å². The van der Waals surface area contributed by atoms with Crippen molar-refractivity contribution in [3.63, 3.8) is 0 Å². The van der Waals surface area contributed by atoms with Crippen LogP contribution in [0.3, 0.4) is 0 Å². The number of nitrogen functional groups attached to an aromatic ring is 1. The minimum atomic E-state index is -0.876. The van der Waals surface area contributed by atoms with E-state index in [9.17, 15) is 9.18 Å². The number of hydrogen-bond acceptors (Lipinski definition) is 3. The lowest BCUT2D eigenvalue weighted by Gasteiger charge is -2.10. The molecule has 0 aliphatic rings. The summed E-state index contributed by atoms with van der Waals surface area (Å²) in [6, 6.07) is 4.33. The fourth-order valence-corrected chi connectivity index (χ4v) is 2.00. The van der Waals surface area contributed by atoms with E-state index in [0.717, 1.165) is 5.56 Å². The molecule has 1 aromatic carbocycles. The Morgan fingerprint density at radius 2 is 2.05 bits per heavy atom. The van der Waals surface area contributed by atoms with E-state index in [1.54, 1.807) is 13.0 Å². The molecule has 0 saturated carbocycles. The standard InChI is InChI=1S/C13H10Cl2FN3O/c1-6-4-9(15)10(5-8(6)14)19-13(20)7-2-3-18-12(17)11(7)16/h2-5H,1H3,(H2,17,18)(H,19,20). The van der Waals surface area contributed by atoms with E-state index in [1.165, 1.54) is 18.3 Å². The van der Waals surface area contributed by atoms with Gasteiger partial charge in [0.25, 0.3) is 5.91 Å². The van der Waals surface area contributed by atoms with Crippen LogP contribution in [0, 0.1) is 12.7 Å². The largest absolute Gasteiger partial charge is 0.381 e. The summed E-state index contributed by atoms with van der Waals surface area (Å²) in [5.74, 6) is -1.90. The van der Waals surface area contributed by atoms with Gasteiger partial charge in [0.1, 0.15) is 0 Å². The molecule has 1 heterocycles. The molecule has 0 atom stereocenters. The third kappa shape index (κ3) is 2.84. The Bertz CT molecular complexity index is 692. The van der Waals surface area contributed by atoms with Gasteiger partial charge in [-0.2, -0.15) is 0 Å². The first kappa shape index (κ1) is 14.6. The SMILES string of the molecule is Cc1cc(Cl)c(NC(=O)c2ccnc(N)c2F)cc1Cl. The lowest BCUT2D eigenvalue weighted by molar-refractivity contribution is 0.102. The molecule has 1 amide bonds. The van der Waals surface area contributed by atoms with Crippen LogP contribution in [-0.4, -0.2) is 10.9 Å². The lowest BCUT2D eigenvalue weighted by atomic mass is 10.2. The van der Waals surface area contributed by atoms with Crippen molar-refractivity contribution in [2.24, 2.45) is 0 Å². The Balaban J connectivity index is 2.33. The van der Waals surface area contributed by atoms with Crippen molar-refractivity contribution in [3.05, 3.63) is 51.4 Å². The van der Waals surface area contributed by atoms with Crippen LogP contribution in [0.25, 0.3) is 0 Å². The molecule has 3 N–H and O–H groups in total. The number of aromatic nitrogens is 1. The highest BCUT2D eigenvalue weighted by atomic mass is 35.5. The summed E-state index contributed by atoms with van der Waals surface area (Å²) in [4.78, 5) is 15.5. The molecular formula is C13H10Cl2FN3O. The average Bonchev–Trinajstić information content (AvgIpc) is 2.39. The molecule has 20 heavy (non-hydrogen) atoms. The van der Waals surface area contributed by atoms with Gasteiger partial charge in [-0.25, -0.2) is 9.37 Å². The fourth-order valence-electron chi connectivity index (χ4n) is 1.57. The third-order valence-electron chi connectivity index (χ3n) is 2.66. The molecular weight excluding hydrogens is 304 g/mol. The predicted molar refractivity (Wildman–Crippen MR) is 77.8 cm³/mol. The summed E-state index contributed by atoms with van der Waals surface area (Å²) < 4.78 is 13.7. The molecule has 104 valence electrons. The Morgan fingerprint density at radius 3 is 2.75 bits per heavy atom. The van der Waals surface area contributed by atoms with Crippen LogP contribution < -0.4 is 11.1 Å². The van der Waals surface area contributed by atoms with Crippen LogP contribution in [0.15, 0.2) is 24.4 Å². The molecule has 0 fully saturated rings. The number of anilines is 2. The molecule has 4 nitrogen and oxygen atoms in total. The van der Waals surface area contributed by atoms with Gasteiger partial charge in [0, 0.05) is 11.2 Å². The van der Waals surface area contributed by atoms with E-state index in [2.05, 4.69) is 10.3 Å². The predicted octanol–water partition coefficient (Wildman–Crippen LogP) is 3.67. The van der Waals surface area contributed by atoms with E-state index < -0.39 is 11.7 Å². The highest BCUT2D eigenvalue weighted by Crippen LogP contribution is 2.29. The number of benzene rings is 1. The monoisotopic (exact) mass is 313 g/mol. The van der Waals surface area contributed by atoms with E-state index in [4.69, 9.17) is 28.9 Å². The van der Waals surface area contributed by atoms with Crippen molar-refractivity contribution in [1.29, 1.82) is 0 Å². The van der Waals surface area contributed by atoms with Crippen LogP contribution in [0.4, 0.5) is 15.9 Å². The highest BCUT2D eigenvalue weighted by Gasteiger charge is 2.16. The first-order valence-electron chi connectivity index (χ1n) is 5.57. The Kier molecular flexibility index (Phi) is 4.11. The zero-order valence-electron chi connectivity index (χ0n) is 10.4. The van der Waals surface area contributed by atoms with E-state index in [0.29, 0.717) is 15.7 Å². The number of halogens is 3. The average molecular weight is 314 g/mol. The van der Waals surface area contributed by atoms with Gasteiger partial charge in [0.15, 0.2) is 11.6 Å². The summed E-state index contributed by atoms with van der Waals surface area (Å²) in [6.07, 6.45) is 1.25. The number of rotatable bonds is 2. The second-order valence-electron chi connectivity index (χ2n) is 4.09. The molecule has 0 aliphatic carbocycles. The number of nitrogens with zero attached hydrogens (tertiary/aromatic N) is 1.